The van der Waals surface area contributed by atoms with Crippen LogP contribution in [-0.2, 0) is 11.2 Å². The molecule has 1 N–H and O–H groups in total. The summed E-state index contributed by atoms with van der Waals surface area (Å²) in [6, 6.07) is 7.23. The van der Waals surface area contributed by atoms with Gasteiger partial charge in [0.05, 0.1) is 18.8 Å². The van der Waals surface area contributed by atoms with Gasteiger partial charge in [0.25, 0.3) is 0 Å². The average Bonchev–Trinajstić information content (AvgIpc) is 3.38. The highest BCUT2D eigenvalue weighted by atomic mass is 19.1. The molecule has 1 fully saturated rings. The fourth-order valence-corrected chi connectivity index (χ4v) is 5.25. The largest absolute Gasteiger partial charge is 0.497 e. The molecule has 1 aromatic carbocycles. The molecule has 0 unspecified atom stereocenters. The Labute approximate surface area is 205 Å². The van der Waals surface area contributed by atoms with E-state index >= 15 is 4.39 Å². The van der Waals surface area contributed by atoms with Gasteiger partial charge in [-0.3, -0.25) is 9.78 Å². The van der Waals surface area contributed by atoms with Gasteiger partial charge in [0.1, 0.15) is 18.2 Å². The Morgan fingerprint density at radius 1 is 1.26 bits per heavy atom. The topological polar surface area (TPSA) is 88.7 Å². The Morgan fingerprint density at radius 2 is 2.14 bits per heavy atom. The van der Waals surface area contributed by atoms with E-state index in [-0.39, 0.29) is 18.3 Å². The normalized spacial score (nSPS) is 19.6. The third-order valence-corrected chi connectivity index (χ3v) is 7.12. The molecule has 3 heterocycles. The van der Waals surface area contributed by atoms with Crippen LogP contribution < -0.4 is 4.74 Å². The molecule has 0 radical (unpaired) electrons. The maximum absolute atomic E-state index is 15.4. The Hall–Kier alpha value is -3.00. The molecule has 8 heteroatoms. The predicted octanol–water partition coefficient (Wildman–Crippen LogP) is 5.46. The minimum Gasteiger partial charge on any atom is -0.497 e. The summed E-state index contributed by atoms with van der Waals surface area (Å²) in [6.45, 7) is 2.61. The van der Waals surface area contributed by atoms with Gasteiger partial charge < -0.3 is 19.2 Å². The van der Waals surface area contributed by atoms with Crippen LogP contribution in [0.15, 0.2) is 47.3 Å². The van der Waals surface area contributed by atoms with E-state index in [4.69, 9.17) is 9.15 Å². The van der Waals surface area contributed by atoms with E-state index < -0.39 is 12.1 Å². The van der Waals surface area contributed by atoms with Crippen molar-refractivity contribution in [2.45, 2.75) is 51.1 Å². The van der Waals surface area contributed by atoms with Crippen LogP contribution in [0.1, 0.15) is 56.2 Å². The SMILES string of the molecule is COc1ccc2nccc([C@H](F)CC[C@@H]3CCN(CCCCc4ncco4)C[C@@H]3CC(=O)O)c2c1. The number of carboxylic acids is 1. The summed E-state index contributed by atoms with van der Waals surface area (Å²) in [5.41, 5.74) is 1.36. The number of pyridine rings is 1. The van der Waals surface area contributed by atoms with Crippen molar-refractivity contribution in [3.63, 3.8) is 0 Å². The summed E-state index contributed by atoms with van der Waals surface area (Å²) in [7, 11) is 1.59. The second kappa shape index (κ2) is 12.1. The maximum Gasteiger partial charge on any atom is 0.303 e. The second-order valence-corrected chi connectivity index (χ2v) is 9.42. The number of aromatic nitrogens is 2. The number of ether oxygens (including phenoxy) is 1. The molecule has 0 amide bonds. The van der Waals surface area contributed by atoms with E-state index in [1.54, 1.807) is 31.8 Å². The number of likely N-dealkylation sites (tertiary alicyclic amines) is 1. The Bertz CT molecular complexity index is 1090. The number of piperidine rings is 1. The highest BCUT2D eigenvalue weighted by Gasteiger charge is 2.31. The number of aliphatic carboxylic acids is 1. The molecule has 7 nitrogen and oxygen atoms in total. The van der Waals surface area contributed by atoms with Gasteiger partial charge in [0.15, 0.2) is 5.89 Å². The van der Waals surface area contributed by atoms with Crippen LogP contribution in [0.4, 0.5) is 4.39 Å². The number of unbranched alkanes of at least 4 members (excludes halogenated alkanes) is 1. The molecule has 188 valence electrons. The fourth-order valence-electron chi connectivity index (χ4n) is 5.25. The molecule has 1 saturated heterocycles. The highest BCUT2D eigenvalue weighted by molar-refractivity contribution is 5.83. The number of hydrogen-bond acceptors (Lipinski definition) is 6. The third-order valence-electron chi connectivity index (χ3n) is 7.12. The fraction of sp³-hybridized carbons (Fsp3) is 0.519. The van der Waals surface area contributed by atoms with Crippen LogP contribution in [0.25, 0.3) is 10.9 Å². The minimum atomic E-state index is -1.13. The van der Waals surface area contributed by atoms with Gasteiger partial charge in [-0.1, -0.05) is 0 Å². The Morgan fingerprint density at radius 3 is 2.91 bits per heavy atom. The summed E-state index contributed by atoms with van der Waals surface area (Å²) >= 11 is 0. The van der Waals surface area contributed by atoms with Crippen molar-refractivity contribution in [1.82, 2.24) is 14.9 Å². The minimum absolute atomic E-state index is 0.0365. The van der Waals surface area contributed by atoms with Gasteiger partial charge >= 0.3 is 5.97 Å². The number of methoxy groups -OCH3 is 1. The molecule has 3 aromatic rings. The molecule has 35 heavy (non-hydrogen) atoms. The van der Waals surface area contributed by atoms with Crippen molar-refractivity contribution in [2.24, 2.45) is 11.8 Å². The number of alkyl halides is 1. The number of aryl methyl sites for hydroxylation is 1. The molecule has 0 aliphatic carbocycles. The van der Waals surface area contributed by atoms with E-state index in [2.05, 4.69) is 14.9 Å². The van der Waals surface area contributed by atoms with Crippen molar-refractivity contribution < 1.29 is 23.4 Å². The van der Waals surface area contributed by atoms with Gasteiger partial charge in [-0.15, -0.1) is 0 Å². The van der Waals surface area contributed by atoms with E-state index in [9.17, 15) is 9.90 Å². The molecule has 1 aliphatic rings. The third kappa shape index (κ3) is 6.78. The number of nitrogens with zero attached hydrogens (tertiary/aromatic N) is 3. The zero-order chi connectivity index (χ0) is 24.6. The molecular weight excluding hydrogens is 449 g/mol. The smallest absolute Gasteiger partial charge is 0.303 e. The number of rotatable bonds is 12. The lowest BCUT2D eigenvalue weighted by Crippen LogP contribution is -2.41. The number of oxazole rings is 1. The van der Waals surface area contributed by atoms with Crippen LogP contribution in [0, 0.1) is 11.8 Å². The first-order valence-electron chi connectivity index (χ1n) is 12.4. The Balaban J connectivity index is 1.32. The molecule has 2 aromatic heterocycles. The van der Waals surface area contributed by atoms with Crippen LogP contribution in [0.5, 0.6) is 5.75 Å². The van der Waals surface area contributed by atoms with Crippen molar-refractivity contribution in [3.8, 4) is 5.75 Å². The van der Waals surface area contributed by atoms with E-state index in [0.29, 0.717) is 24.2 Å². The second-order valence-electron chi connectivity index (χ2n) is 9.42. The van der Waals surface area contributed by atoms with Gasteiger partial charge in [0, 0.05) is 31.0 Å². The molecule has 0 bridgehead atoms. The first kappa shape index (κ1) is 25.1. The maximum atomic E-state index is 15.4. The Kier molecular flexibility index (Phi) is 8.69. The van der Waals surface area contributed by atoms with Crippen LogP contribution in [0.3, 0.4) is 0 Å². The zero-order valence-electron chi connectivity index (χ0n) is 20.2. The number of carbonyl (C=O) groups is 1. The van der Waals surface area contributed by atoms with E-state index in [0.717, 1.165) is 62.1 Å². The van der Waals surface area contributed by atoms with Crippen LogP contribution >= 0.6 is 0 Å². The quantitative estimate of drug-likeness (QED) is 0.342. The number of fused-ring (bicyclic) bond motifs is 1. The van der Waals surface area contributed by atoms with Crippen molar-refractivity contribution in [1.29, 1.82) is 0 Å². The number of hydrogen-bond donors (Lipinski definition) is 1. The number of benzene rings is 1. The summed E-state index contributed by atoms with van der Waals surface area (Å²) in [4.78, 5) is 22.4. The summed E-state index contributed by atoms with van der Waals surface area (Å²) in [5, 5.41) is 10.2. The first-order chi connectivity index (χ1) is 17.0. The molecule has 4 rings (SSSR count). The van der Waals surface area contributed by atoms with Gasteiger partial charge in [0.2, 0.25) is 0 Å². The summed E-state index contributed by atoms with van der Waals surface area (Å²) in [5.74, 6) is 0.890. The van der Waals surface area contributed by atoms with Crippen molar-refractivity contribution in [3.05, 3.63) is 54.4 Å². The predicted molar refractivity (Wildman–Crippen MR) is 131 cm³/mol. The molecule has 0 spiro atoms. The highest BCUT2D eigenvalue weighted by Crippen LogP contribution is 2.36. The van der Waals surface area contributed by atoms with Crippen LogP contribution in [-0.4, -0.2) is 52.7 Å². The average molecular weight is 484 g/mol. The van der Waals surface area contributed by atoms with Crippen molar-refractivity contribution >= 4 is 16.9 Å². The van der Waals surface area contributed by atoms with Gasteiger partial charge in [-0.2, -0.15) is 0 Å². The standard InChI is InChI=1S/C27H34FN3O4/c1-34-21-6-8-25-23(17-21)22(9-11-29-25)24(28)7-5-19-10-14-31(18-20(19)16-27(32)33)13-3-2-4-26-30-12-15-35-26/h6,8-9,11-12,15,17,19-20,24H,2-5,7,10,13-14,16,18H2,1H3,(H,32,33)/t19-,20+,24-/m1/s1. The van der Waals surface area contributed by atoms with Crippen LogP contribution in [0.2, 0.25) is 0 Å². The lowest BCUT2D eigenvalue weighted by atomic mass is 9.79. The first-order valence-corrected chi connectivity index (χ1v) is 12.4. The van der Waals surface area contributed by atoms with E-state index in [1.807, 2.05) is 18.2 Å². The lowest BCUT2D eigenvalue weighted by Gasteiger charge is -2.38. The molecule has 0 saturated carbocycles. The monoisotopic (exact) mass is 483 g/mol. The zero-order valence-corrected chi connectivity index (χ0v) is 20.2. The molecular formula is C27H34FN3O4. The number of halogens is 1. The van der Waals surface area contributed by atoms with Gasteiger partial charge in [-0.25, -0.2) is 9.37 Å². The van der Waals surface area contributed by atoms with Gasteiger partial charge in [-0.05, 0) is 86.9 Å². The molecule has 3 atom stereocenters. The lowest BCUT2D eigenvalue weighted by molar-refractivity contribution is -0.139. The van der Waals surface area contributed by atoms with Crippen molar-refractivity contribution in [2.75, 3.05) is 26.7 Å². The summed E-state index contributed by atoms with van der Waals surface area (Å²) < 4.78 is 26.0. The molecule has 1 aliphatic heterocycles. The summed E-state index contributed by atoms with van der Waals surface area (Å²) in [6.07, 6.45) is 8.64. The number of carboxylic acid groups (broad SMARTS) is 1. The van der Waals surface area contributed by atoms with E-state index in [1.165, 1.54) is 0 Å².